The lowest BCUT2D eigenvalue weighted by molar-refractivity contribution is 0.483. The number of benzene rings is 2. The van der Waals surface area contributed by atoms with E-state index in [2.05, 4.69) is 18.4 Å². The standard InChI is InChI=1S/C17H17NO3S/c1-12-17(2,3)15-11-14(22(19,20)21)9-10-16(15)18(12)13-7-5-4-6-8-13/h4-11H,1-3H3/p+1. The molecule has 0 aromatic heterocycles. The molecule has 1 N–H and O–H groups in total. The summed E-state index contributed by atoms with van der Waals surface area (Å²) in [6.07, 6.45) is 0. The first kappa shape index (κ1) is 14.9. The van der Waals surface area contributed by atoms with Crippen molar-refractivity contribution < 1.29 is 13.0 Å². The topological polar surface area (TPSA) is 57.4 Å². The van der Waals surface area contributed by atoms with Gasteiger partial charge in [0.05, 0.1) is 10.3 Å². The Labute approximate surface area is 130 Å². The monoisotopic (exact) mass is 316 g/mol. The Bertz CT molecular complexity index is 881. The van der Waals surface area contributed by atoms with Gasteiger partial charge in [0, 0.05) is 30.7 Å². The summed E-state index contributed by atoms with van der Waals surface area (Å²) in [6.45, 7) is 6.15. The Balaban J connectivity index is 2.28. The summed E-state index contributed by atoms with van der Waals surface area (Å²) in [5, 5.41) is 0. The van der Waals surface area contributed by atoms with Crippen molar-refractivity contribution in [1.82, 2.24) is 4.58 Å². The Kier molecular flexibility index (Phi) is 3.23. The molecule has 0 atom stereocenters. The summed E-state index contributed by atoms with van der Waals surface area (Å²) in [4.78, 5) is -0.0676. The van der Waals surface area contributed by atoms with Gasteiger partial charge in [-0.05, 0) is 26.0 Å². The van der Waals surface area contributed by atoms with Crippen LogP contribution in [0.15, 0.2) is 53.4 Å². The summed E-state index contributed by atoms with van der Waals surface area (Å²) < 4.78 is 34.2. The molecule has 0 unspecified atom stereocenters. The van der Waals surface area contributed by atoms with Crippen molar-refractivity contribution in [1.29, 1.82) is 0 Å². The molecule has 22 heavy (non-hydrogen) atoms. The molecule has 0 fully saturated rings. The van der Waals surface area contributed by atoms with Crippen molar-refractivity contribution >= 4 is 27.2 Å². The van der Waals surface area contributed by atoms with Crippen molar-refractivity contribution in [3.63, 3.8) is 0 Å². The normalized spacial score (nSPS) is 16.7. The second kappa shape index (κ2) is 4.76. The lowest BCUT2D eigenvalue weighted by Crippen LogP contribution is -2.26. The Morgan fingerprint density at radius 2 is 1.68 bits per heavy atom. The third-order valence-corrected chi connectivity index (χ3v) is 5.28. The zero-order valence-corrected chi connectivity index (χ0v) is 13.6. The highest BCUT2D eigenvalue weighted by atomic mass is 32.2. The summed E-state index contributed by atoms with van der Waals surface area (Å²) in [5.41, 5.74) is 3.67. The molecule has 4 nitrogen and oxygen atoms in total. The predicted molar refractivity (Wildman–Crippen MR) is 87.9 cm³/mol. The maximum Gasteiger partial charge on any atom is 0.294 e. The highest BCUT2D eigenvalue weighted by Crippen LogP contribution is 2.42. The molecule has 2 aromatic rings. The van der Waals surface area contributed by atoms with Crippen molar-refractivity contribution in [2.75, 3.05) is 0 Å². The van der Waals surface area contributed by atoms with E-state index in [-0.39, 0.29) is 10.3 Å². The average Bonchev–Trinajstić information content (AvgIpc) is 2.66. The molecule has 0 saturated heterocycles. The maximum atomic E-state index is 11.4. The second-order valence-electron chi connectivity index (χ2n) is 6.04. The van der Waals surface area contributed by atoms with Crippen LogP contribution in [0.3, 0.4) is 0 Å². The Hall–Kier alpha value is -1.98. The van der Waals surface area contributed by atoms with Crippen LogP contribution < -0.4 is 4.58 Å². The number of nitrogens with zero attached hydrogens (tertiary/aromatic N) is 1. The average molecular weight is 316 g/mol. The first-order valence-corrected chi connectivity index (χ1v) is 8.48. The zero-order valence-electron chi connectivity index (χ0n) is 12.7. The molecule has 0 spiro atoms. The van der Waals surface area contributed by atoms with Crippen molar-refractivity contribution in [2.45, 2.75) is 31.1 Å². The first-order valence-electron chi connectivity index (χ1n) is 7.04. The maximum absolute atomic E-state index is 11.4. The van der Waals surface area contributed by atoms with Gasteiger partial charge < -0.3 is 0 Å². The quantitative estimate of drug-likeness (QED) is 0.681. The third kappa shape index (κ3) is 2.17. The van der Waals surface area contributed by atoms with Gasteiger partial charge >= 0.3 is 0 Å². The molecular formula is C17H18NO3S+. The van der Waals surface area contributed by atoms with Crippen LogP contribution in [-0.4, -0.2) is 18.7 Å². The molecule has 1 heterocycles. The van der Waals surface area contributed by atoms with Crippen LogP contribution in [0.4, 0.5) is 11.4 Å². The Morgan fingerprint density at radius 1 is 1.05 bits per heavy atom. The second-order valence-corrected chi connectivity index (χ2v) is 7.46. The summed E-state index contributed by atoms with van der Waals surface area (Å²) in [6, 6.07) is 14.7. The van der Waals surface area contributed by atoms with Crippen LogP contribution in [0.5, 0.6) is 0 Å². The number of hydrogen-bond acceptors (Lipinski definition) is 2. The fourth-order valence-corrected chi connectivity index (χ4v) is 3.44. The van der Waals surface area contributed by atoms with Gasteiger partial charge in [-0.15, -0.1) is 0 Å². The molecule has 0 amide bonds. The van der Waals surface area contributed by atoms with Crippen molar-refractivity contribution in [2.24, 2.45) is 0 Å². The van der Waals surface area contributed by atoms with E-state index in [0.29, 0.717) is 0 Å². The van der Waals surface area contributed by atoms with E-state index in [1.807, 2.05) is 37.3 Å². The molecule has 0 saturated carbocycles. The van der Waals surface area contributed by atoms with Gasteiger partial charge in [0.15, 0.2) is 5.71 Å². The summed E-state index contributed by atoms with van der Waals surface area (Å²) in [7, 11) is -4.20. The van der Waals surface area contributed by atoms with Gasteiger partial charge in [0.25, 0.3) is 10.1 Å². The van der Waals surface area contributed by atoms with E-state index in [9.17, 15) is 13.0 Å². The minimum absolute atomic E-state index is 0.0676. The highest BCUT2D eigenvalue weighted by Gasteiger charge is 2.44. The van der Waals surface area contributed by atoms with E-state index in [4.69, 9.17) is 0 Å². The number of rotatable bonds is 2. The smallest absolute Gasteiger partial charge is 0.282 e. The van der Waals surface area contributed by atoms with E-state index in [1.165, 1.54) is 6.07 Å². The number of fused-ring (bicyclic) bond motifs is 1. The third-order valence-electron chi connectivity index (χ3n) is 4.43. The summed E-state index contributed by atoms with van der Waals surface area (Å²) in [5.74, 6) is 0. The van der Waals surface area contributed by atoms with E-state index < -0.39 is 10.1 Å². The number of hydrogen-bond donors (Lipinski definition) is 1. The van der Waals surface area contributed by atoms with Crippen LogP contribution in [0.25, 0.3) is 0 Å². The fourth-order valence-electron chi connectivity index (χ4n) is 2.94. The van der Waals surface area contributed by atoms with Crippen LogP contribution in [0.2, 0.25) is 0 Å². The lowest BCUT2D eigenvalue weighted by Gasteiger charge is -2.15. The Morgan fingerprint density at radius 3 is 2.27 bits per heavy atom. The van der Waals surface area contributed by atoms with Gasteiger partial charge in [0.1, 0.15) is 0 Å². The van der Waals surface area contributed by atoms with E-state index >= 15 is 0 Å². The molecule has 0 aliphatic carbocycles. The van der Waals surface area contributed by atoms with Gasteiger partial charge in [-0.3, -0.25) is 4.55 Å². The van der Waals surface area contributed by atoms with Crippen LogP contribution in [0.1, 0.15) is 26.3 Å². The fraction of sp³-hybridized carbons (Fsp3) is 0.235. The molecule has 0 bridgehead atoms. The lowest BCUT2D eigenvalue weighted by atomic mass is 9.82. The minimum atomic E-state index is -4.20. The molecule has 1 aliphatic rings. The summed E-state index contributed by atoms with van der Waals surface area (Å²) >= 11 is 0. The number of para-hydroxylation sites is 1. The van der Waals surface area contributed by atoms with Gasteiger partial charge in [-0.25, -0.2) is 0 Å². The molecule has 114 valence electrons. The van der Waals surface area contributed by atoms with E-state index in [0.717, 1.165) is 22.6 Å². The molecule has 2 aromatic carbocycles. The van der Waals surface area contributed by atoms with E-state index in [1.54, 1.807) is 12.1 Å². The molecule has 0 radical (unpaired) electrons. The first-order chi connectivity index (χ1) is 10.2. The van der Waals surface area contributed by atoms with Crippen molar-refractivity contribution in [3.05, 3.63) is 54.1 Å². The predicted octanol–water partition coefficient (Wildman–Crippen LogP) is 3.52. The minimum Gasteiger partial charge on any atom is -0.282 e. The van der Waals surface area contributed by atoms with Crippen LogP contribution in [-0.2, 0) is 15.5 Å². The van der Waals surface area contributed by atoms with Gasteiger partial charge in [-0.1, -0.05) is 18.2 Å². The van der Waals surface area contributed by atoms with Crippen LogP contribution in [0, 0.1) is 0 Å². The zero-order chi connectivity index (χ0) is 16.1. The van der Waals surface area contributed by atoms with Crippen molar-refractivity contribution in [3.8, 4) is 0 Å². The largest absolute Gasteiger partial charge is 0.294 e. The molecule has 1 aliphatic heterocycles. The molecule has 3 rings (SSSR count). The van der Waals surface area contributed by atoms with Crippen LogP contribution >= 0.6 is 0 Å². The van der Waals surface area contributed by atoms with Gasteiger partial charge in [0.2, 0.25) is 11.4 Å². The molecular weight excluding hydrogens is 298 g/mol. The SMILES string of the molecule is CC1=[N+](c2ccccc2)c2ccc(S(=O)(=O)O)cc2C1(C)C. The van der Waals surface area contributed by atoms with Gasteiger partial charge in [-0.2, -0.15) is 13.0 Å². The molecule has 5 heteroatoms. The highest BCUT2D eigenvalue weighted by molar-refractivity contribution is 7.85.